The van der Waals surface area contributed by atoms with Crippen LogP contribution in [0.4, 0.5) is 19.0 Å². The van der Waals surface area contributed by atoms with E-state index in [1.54, 1.807) is 0 Å². The lowest BCUT2D eigenvalue weighted by Crippen LogP contribution is -2.30. The SMILES string of the molecule is Nc1n[nH]c2c1CN(CC(F)(F)F)C2. The van der Waals surface area contributed by atoms with Gasteiger partial charge in [0.05, 0.1) is 12.2 Å². The zero-order valence-corrected chi connectivity index (χ0v) is 7.23. The second-order valence-electron chi connectivity index (χ2n) is 3.33. The molecule has 0 amide bonds. The standard InChI is InChI=1S/C7H9F3N4/c8-7(9,10)3-14-1-4-5(2-14)12-13-6(4)11/h1-3H2,(H3,11,12,13). The van der Waals surface area contributed by atoms with Crippen molar-refractivity contribution in [2.45, 2.75) is 19.3 Å². The number of aromatic amines is 1. The van der Waals surface area contributed by atoms with E-state index in [1.807, 2.05) is 0 Å². The molecule has 1 aliphatic rings. The van der Waals surface area contributed by atoms with Gasteiger partial charge in [-0.15, -0.1) is 0 Å². The number of nitrogens with two attached hydrogens (primary N) is 1. The summed E-state index contributed by atoms with van der Waals surface area (Å²) in [6.45, 7) is -0.453. The van der Waals surface area contributed by atoms with Gasteiger partial charge in [-0.1, -0.05) is 0 Å². The Morgan fingerprint density at radius 1 is 1.43 bits per heavy atom. The zero-order chi connectivity index (χ0) is 10.3. The first-order valence-corrected chi connectivity index (χ1v) is 4.06. The molecule has 0 spiro atoms. The summed E-state index contributed by atoms with van der Waals surface area (Å²) >= 11 is 0. The van der Waals surface area contributed by atoms with Crippen molar-refractivity contribution in [1.29, 1.82) is 0 Å². The van der Waals surface area contributed by atoms with Crippen LogP contribution in [0.3, 0.4) is 0 Å². The molecule has 4 nitrogen and oxygen atoms in total. The summed E-state index contributed by atoms with van der Waals surface area (Å²) in [7, 11) is 0. The van der Waals surface area contributed by atoms with Crippen molar-refractivity contribution in [3.8, 4) is 0 Å². The number of nitrogens with zero attached hydrogens (tertiary/aromatic N) is 2. The van der Waals surface area contributed by atoms with Gasteiger partial charge < -0.3 is 5.73 Å². The highest BCUT2D eigenvalue weighted by Gasteiger charge is 2.34. The largest absolute Gasteiger partial charge is 0.401 e. The average Bonchev–Trinajstić information content (AvgIpc) is 2.51. The first-order chi connectivity index (χ1) is 6.46. The summed E-state index contributed by atoms with van der Waals surface area (Å²) in [5.41, 5.74) is 6.84. The first-order valence-electron chi connectivity index (χ1n) is 4.06. The van der Waals surface area contributed by atoms with E-state index in [1.165, 1.54) is 4.90 Å². The molecule has 1 aromatic heterocycles. The number of hydrogen-bond acceptors (Lipinski definition) is 3. The molecule has 14 heavy (non-hydrogen) atoms. The van der Waals surface area contributed by atoms with E-state index in [2.05, 4.69) is 10.2 Å². The summed E-state index contributed by atoms with van der Waals surface area (Å²) in [6.07, 6.45) is -4.16. The summed E-state index contributed by atoms with van der Waals surface area (Å²) in [4.78, 5) is 1.28. The Bertz CT molecular complexity index is 343. The number of nitrogen functional groups attached to an aromatic ring is 1. The van der Waals surface area contributed by atoms with Crippen molar-refractivity contribution in [2.75, 3.05) is 12.3 Å². The molecule has 0 fully saturated rings. The third-order valence-electron chi connectivity index (χ3n) is 2.15. The predicted octanol–water partition coefficient (Wildman–Crippen LogP) is 0.870. The molecule has 7 heteroatoms. The molecular weight excluding hydrogens is 197 g/mol. The van der Waals surface area contributed by atoms with Crippen molar-refractivity contribution < 1.29 is 13.2 Å². The predicted molar refractivity (Wildman–Crippen MR) is 43.2 cm³/mol. The number of aromatic nitrogens is 2. The van der Waals surface area contributed by atoms with Crippen molar-refractivity contribution in [2.24, 2.45) is 0 Å². The number of halogens is 3. The van der Waals surface area contributed by atoms with E-state index in [4.69, 9.17) is 5.73 Å². The van der Waals surface area contributed by atoms with Gasteiger partial charge in [0.15, 0.2) is 0 Å². The average molecular weight is 206 g/mol. The highest BCUT2D eigenvalue weighted by Crippen LogP contribution is 2.28. The van der Waals surface area contributed by atoms with Gasteiger partial charge in [-0.25, -0.2) is 0 Å². The highest BCUT2D eigenvalue weighted by atomic mass is 19.4. The second kappa shape index (κ2) is 2.88. The summed E-state index contributed by atoms with van der Waals surface area (Å²) in [5.74, 6) is 0.296. The molecule has 78 valence electrons. The van der Waals surface area contributed by atoms with Crippen molar-refractivity contribution in [3.05, 3.63) is 11.3 Å². The van der Waals surface area contributed by atoms with Crippen molar-refractivity contribution in [3.63, 3.8) is 0 Å². The smallest absolute Gasteiger partial charge is 0.382 e. The Hall–Kier alpha value is -1.24. The minimum atomic E-state index is -4.16. The van der Waals surface area contributed by atoms with Crippen molar-refractivity contribution >= 4 is 5.82 Å². The Morgan fingerprint density at radius 3 is 2.71 bits per heavy atom. The number of rotatable bonds is 1. The lowest BCUT2D eigenvalue weighted by molar-refractivity contribution is -0.147. The molecule has 1 aromatic rings. The quantitative estimate of drug-likeness (QED) is 0.716. The molecule has 2 heterocycles. The zero-order valence-electron chi connectivity index (χ0n) is 7.23. The van der Waals surface area contributed by atoms with E-state index in [0.29, 0.717) is 17.1 Å². The summed E-state index contributed by atoms with van der Waals surface area (Å²) in [6, 6.07) is 0. The maximum Gasteiger partial charge on any atom is 0.401 e. The molecule has 0 saturated heterocycles. The fourth-order valence-corrected chi connectivity index (χ4v) is 1.59. The molecule has 2 rings (SSSR count). The lowest BCUT2D eigenvalue weighted by atomic mass is 10.3. The third-order valence-corrected chi connectivity index (χ3v) is 2.15. The number of hydrogen-bond donors (Lipinski definition) is 2. The maximum atomic E-state index is 12.0. The van der Waals surface area contributed by atoms with Crippen LogP contribution in [0.5, 0.6) is 0 Å². The molecule has 0 unspecified atom stereocenters. The van der Waals surface area contributed by atoms with Gasteiger partial charge in [0.2, 0.25) is 0 Å². The Balaban J connectivity index is 2.05. The monoisotopic (exact) mass is 206 g/mol. The van der Waals surface area contributed by atoms with Gasteiger partial charge in [0.1, 0.15) is 5.82 Å². The molecule has 0 radical (unpaired) electrons. The number of nitrogens with one attached hydrogen (secondary N) is 1. The fourth-order valence-electron chi connectivity index (χ4n) is 1.59. The Kier molecular flexibility index (Phi) is 1.91. The van der Waals surface area contributed by atoms with Gasteiger partial charge in [-0.2, -0.15) is 18.3 Å². The van der Waals surface area contributed by atoms with E-state index < -0.39 is 12.7 Å². The number of H-pyrrole nitrogens is 1. The van der Waals surface area contributed by atoms with Crippen LogP contribution in [0.25, 0.3) is 0 Å². The van der Waals surface area contributed by atoms with Crippen LogP contribution >= 0.6 is 0 Å². The van der Waals surface area contributed by atoms with Gasteiger partial charge >= 0.3 is 6.18 Å². The first kappa shape index (κ1) is 9.32. The van der Waals surface area contributed by atoms with Crippen LogP contribution in [0.2, 0.25) is 0 Å². The molecule has 0 aliphatic carbocycles. The topological polar surface area (TPSA) is 57.9 Å². The van der Waals surface area contributed by atoms with Crippen LogP contribution in [0.1, 0.15) is 11.3 Å². The van der Waals surface area contributed by atoms with Crippen LogP contribution in [0.15, 0.2) is 0 Å². The minimum absolute atomic E-state index is 0.219. The minimum Gasteiger partial charge on any atom is -0.382 e. The second-order valence-corrected chi connectivity index (χ2v) is 3.33. The van der Waals surface area contributed by atoms with Gasteiger partial charge in [0, 0.05) is 18.7 Å². The molecule has 0 saturated carbocycles. The van der Waals surface area contributed by atoms with E-state index >= 15 is 0 Å². The molecule has 0 aromatic carbocycles. The highest BCUT2D eigenvalue weighted by molar-refractivity contribution is 5.43. The van der Waals surface area contributed by atoms with E-state index in [-0.39, 0.29) is 13.1 Å². The normalized spacial score (nSPS) is 17.4. The summed E-state index contributed by atoms with van der Waals surface area (Å²) in [5, 5.41) is 6.33. The fraction of sp³-hybridized carbons (Fsp3) is 0.571. The van der Waals surface area contributed by atoms with Crippen molar-refractivity contribution in [1.82, 2.24) is 15.1 Å². The Labute approximate surface area is 77.9 Å². The molecule has 1 aliphatic heterocycles. The number of anilines is 1. The van der Waals surface area contributed by atoms with E-state index in [9.17, 15) is 13.2 Å². The summed E-state index contributed by atoms with van der Waals surface area (Å²) < 4.78 is 36.1. The van der Waals surface area contributed by atoms with Gasteiger partial charge in [0.25, 0.3) is 0 Å². The van der Waals surface area contributed by atoms with Gasteiger partial charge in [-0.05, 0) is 0 Å². The number of alkyl halides is 3. The maximum absolute atomic E-state index is 12.0. The van der Waals surface area contributed by atoms with E-state index in [0.717, 1.165) is 0 Å². The van der Waals surface area contributed by atoms with Crippen LogP contribution in [0, 0.1) is 0 Å². The van der Waals surface area contributed by atoms with Crippen LogP contribution < -0.4 is 5.73 Å². The number of fused-ring (bicyclic) bond motifs is 1. The Morgan fingerprint density at radius 2 is 2.14 bits per heavy atom. The van der Waals surface area contributed by atoms with Crippen LogP contribution in [-0.4, -0.2) is 27.8 Å². The van der Waals surface area contributed by atoms with Gasteiger partial charge in [-0.3, -0.25) is 10.00 Å². The van der Waals surface area contributed by atoms with Crippen LogP contribution in [-0.2, 0) is 13.1 Å². The lowest BCUT2D eigenvalue weighted by Gasteiger charge is -2.16. The molecular formula is C7H9F3N4. The molecule has 0 bridgehead atoms. The molecule has 3 N–H and O–H groups in total. The molecule has 0 atom stereocenters. The third kappa shape index (κ3) is 1.67.